The fourth-order valence-corrected chi connectivity index (χ4v) is 3.26. The van der Waals surface area contributed by atoms with E-state index in [0.717, 1.165) is 29.5 Å². The predicted octanol–water partition coefficient (Wildman–Crippen LogP) is 3.98. The van der Waals surface area contributed by atoms with Gasteiger partial charge in [-0.05, 0) is 36.1 Å². The summed E-state index contributed by atoms with van der Waals surface area (Å²) in [5, 5.41) is 0.698. The Morgan fingerprint density at radius 1 is 1.10 bits per heavy atom. The molecule has 1 aliphatic carbocycles. The van der Waals surface area contributed by atoms with Gasteiger partial charge < -0.3 is 4.74 Å². The number of carbonyl (C=O) groups is 1. The molecule has 0 saturated carbocycles. The summed E-state index contributed by atoms with van der Waals surface area (Å²) >= 11 is 5.90. The molecule has 0 aromatic heterocycles. The van der Waals surface area contributed by atoms with E-state index < -0.39 is 5.60 Å². The summed E-state index contributed by atoms with van der Waals surface area (Å²) in [5.41, 5.74) is 2.34. The maximum absolute atomic E-state index is 12.7. The van der Waals surface area contributed by atoms with Crippen LogP contribution in [-0.4, -0.2) is 11.4 Å². The lowest BCUT2D eigenvalue weighted by Gasteiger charge is -2.20. The first-order valence-corrected chi connectivity index (χ1v) is 7.14. The number of epoxide rings is 1. The Labute approximate surface area is 122 Å². The number of rotatable bonds is 1. The Hall–Kier alpha value is -1.64. The Bertz CT molecular complexity index is 692. The lowest BCUT2D eigenvalue weighted by atomic mass is 9.79. The second-order valence-electron chi connectivity index (χ2n) is 5.43. The third-order valence-corrected chi connectivity index (χ3v) is 4.53. The molecule has 100 valence electrons. The van der Waals surface area contributed by atoms with Crippen LogP contribution in [0, 0.1) is 0 Å². The van der Waals surface area contributed by atoms with E-state index in [0.29, 0.717) is 5.02 Å². The van der Waals surface area contributed by atoms with Gasteiger partial charge in [0.15, 0.2) is 11.4 Å². The van der Waals surface area contributed by atoms with Crippen molar-refractivity contribution in [1.29, 1.82) is 0 Å². The van der Waals surface area contributed by atoms with Gasteiger partial charge in [-0.3, -0.25) is 4.79 Å². The summed E-state index contributed by atoms with van der Waals surface area (Å²) in [5.74, 6) is 0.124. The molecule has 3 heteroatoms. The molecule has 0 unspecified atom stereocenters. The Balaban J connectivity index is 1.69. The number of aryl methyl sites for hydroxylation is 1. The van der Waals surface area contributed by atoms with Crippen LogP contribution in [0.15, 0.2) is 48.5 Å². The second kappa shape index (κ2) is 4.18. The van der Waals surface area contributed by atoms with E-state index in [-0.39, 0.29) is 11.9 Å². The summed E-state index contributed by atoms with van der Waals surface area (Å²) in [6, 6.07) is 15.4. The minimum absolute atomic E-state index is 0.124. The first kappa shape index (κ1) is 12.1. The number of ether oxygens (including phenoxy) is 1. The SMILES string of the molecule is O=C1c2ccccc2CC[C@]12O[C@H]2c1ccc(Cl)cc1. The van der Waals surface area contributed by atoms with Gasteiger partial charge in [-0.15, -0.1) is 0 Å². The van der Waals surface area contributed by atoms with Gasteiger partial charge in [-0.25, -0.2) is 0 Å². The normalized spacial score (nSPS) is 27.4. The maximum Gasteiger partial charge on any atom is 0.198 e. The number of fused-ring (bicyclic) bond motifs is 1. The molecular weight excluding hydrogens is 272 g/mol. The molecule has 2 aromatic carbocycles. The van der Waals surface area contributed by atoms with E-state index >= 15 is 0 Å². The summed E-state index contributed by atoms with van der Waals surface area (Å²) in [4.78, 5) is 12.7. The quantitative estimate of drug-likeness (QED) is 0.741. The zero-order valence-electron chi connectivity index (χ0n) is 10.8. The van der Waals surface area contributed by atoms with Crippen molar-refractivity contribution in [2.75, 3.05) is 0 Å². The molecule has 20 heavy (non-hydrogen) atoms. The lowest BCUT2D eigenvalue weighted by molar-refractivity contribution is 0.0850. The topological polar surface area (TPSA) is 29.6 Å². The predicted molar refractivity (Wildman–Crippen MR) is 77.1 cm³/mol. The molecule has 1 aliphatic heterocycles. The molecule has 2 aromatic rings. The van der Waals surface area contributed by atoms with Gasteiger partial charge in [0.25, 0.3) is 0 Å². The molecule has 1 spiro atoms. The Morgan fingerprint density at radius 3 is 2.65 bits per heavy atom. The first-order chi connectivity index (χ1) is 9.71. The van der Waals surface area contributed by atoms with E-state index in [1.54, 1.807) is 0 Å². The van der Waals surface area contributed by atoms with Crippen LogP contribution in [0.5, 0.6) is 0 Å². The van der Waals surface area contributed by atoms with Crippen LogP contribution in [0.25, 0.3) is 0 Å². The number of carbonyl (C=O) groups excluding carboxylic acids is 1. The van der Waals surface area contributed by atoms with Gasteiger partial charge in [0.2, 0.25) is 0 Å². The minimum atomic E-state index is -0.637. The number of halogens is 1. The lowest BCUT2D eigenvalue weighted by Crippen LogP contribution is -2.31. The van der Waals surface area contributed by atoms with Crippen molar-refractivity contribution in [3.05, 3.63) is 70.2 Å². The van der Waals surface area contributed by atoms with Crippen molar-refractivity contribution in [2.24, 2.45) is 0 Å². The molecule has 0 N–H and O–H groups in total. The number of hydrogen-bond donors (Lipinski definition) is 0. The van der Waals surface area contributed by atoms with Crippen LogP contribution in [0.3, 0.4) is 0 Å². The van der Waals surface area contributed by atoms with Gasteiger partial charge in [-0.1, -0.05) is 48.0 Å². The molecule has 2 nitrogen and oxygen atoms in total. The molecule has 2 atom stereocenters. The molecule has 1 heterocycles. The highest BCUT2D eigenvalue weighted by Crippen LogP contribution is 2.56. The van der Waals surface area contributed by atoms with Crippen molar-refractivity contribution < 1.29 is 9.53 Å². The highest BCUT2D eigenvalue weighted by molar-refractivity contribution is 6.30. The standard InChI is InChI=1S/C17H13ClO2/c18-13-7-5-12(6-8-13)16-17(20-16)10-9-11-3-1-2-4-14(11)15(17)19/h1-8,16H,9-10H2/t16-,17-/m0/s1. The van der Waals surface area contributed by atoms with Crippen molar-refractivity contribution in [3.63, 3.8) is 0 Å². The fraction of sp³-hybridized carbons (Fsp3) is 0.235. The third-order valence-electron chi connectivity index (χ3n) is 4.28. The number of Topliss-reactive ketones (excluding diaryl/α,β-unsaturated/α-hetero) is 1. The summed E-state index contributed by atoms with van der Waals surface area (Å²) in [6.45, 7) is 0. The Kier molecular flexibility index (Phi) is 2.53. The van der Waals surface area contributed by atoms with Crippen LogP contribution in [0.4, 0.5) is 0 Å². The minimum Gasteiger partial charge on any atom is -0.352 e. The van der Waals surface area contributed by atoms with Crippen molar-refractivity contribution in [2.45, 2.75) is 24.5 Å². The van der Waals surface area contributed by atoms with Crippen LogP contribution in [0.1, 0.15) is 34.0 Å². The molecule has 0 radical (unpaired) electrons. The average Bonchev–Trinajstić information content (AvgIpc) is 3.20. The average molecular weight is 285 g/mol. The van der Waals surface area contributed by atoms with Gasteiger partial charge in [0.1, 0.15) is 6.10 Å². The summed E-state index contributed by atoms with van der Waals surface area (Å²) in [7, 11) is 0. The van der Waals surface area contributed by atoms with Crippen molar-refractivity contribution in [1.82, 2.24) is 0 Å². The second-order valence-corrected chi connectivity index (χ2v) is 5.86. The van der Waals surface area contributed by atoms with E-state index in [2.05, 4.69) is 0 Å². The van der Waals surface area contributed by atoms with E-state index in [9.17, 15) is 4.79 Å². The zero-order valence-corrected chi connectivity index (χ0v) is 11.6. The number of benzene rings is 2. The zero-order chi connectivity index (χ0) is 13.7. The summed E-state index contributed by atoms with van der Waals surface area (Å²) < 4.78 is 5.85. The highest BCUT2D eigenvalue weighted by atomic mass is 35.5. The maximum atomic E-state index is 12.7. The number of ketones is 1. The van der Waals surface area contributed by atoms with E-state index in [1.807, 2.05) is 48.5 Å². The van der Waals surface area contributed by atoms with Gasteiger partial charge in [0.05, 0.1) is 0 Å². The fourth-order valence-electron chi connectivity index (χ4n) is 3.14. The van der Waals surface area contributed by atoms with Crippen LogP contribution < -0.4 is 0 Å². The third kappa shape index (κ3) is 1.65. The smallest absolute Gasteiger partial charge is 0.198 e. The van der Waals surface area contributed by atoms with E-state index in [1.165, 1.54) is 0 Å². The molecule has 2 aliphatic rings. The number of hydrogen-bond acceptors (Lipinski definition) is 2. The van der Waals surface area contributed by atoms with Crippen molar-refractivity contribution in [3.8, 4) is 0 Å². The Morgan fingerprint density at radius 2 is 1.85 bits per heavy atom. The molecule has 1 saturated heterocycles. The van der Waals surface area contributed by atoms with Gasteiger partial charge >= 0.3 is 0 Å². The van der Waals surface area contributed by atoms with Crippen molar-refractivity contribution >= 4 is 17.4 Å². The molecule has 0 bridgehead atoms. The summed E-state index contributed by atoms with van der Waals surface area (Å²) in [6.07, 6.45) is 1.53. The molecule has 1 fully saturated rings. The molecule has 0 amide bonds. The monoisotopic (exact) mass is 284 g/mol. The van der Waals surface area contributed by atoms with Crippen LogP contribution in [0.2, 0.25) is 5.02 Å². The van der Waals surface area contributed by atoms with Crippen LogP contribution >= 0.6 is 11.6 Å². The first-order valence-electron chi connectivity index (χ1n) is 6.77. The largest absolute Gasteiger partial charge is 0.352 e. The highest BCUT2D eigenvalue weighted by Gasteiger charge is 2.63. The molecule has 4 rings (SSSR count). The van der Waals surface area contributed by atoms with Gasteiger partial charge in [0, 0.05) is 10.6 Å². The van der Waals surface area contributed by atoms with E-state index in [4.69, 9.17) is 16.3 Å². The van der Waals surface area contributed by atoms with Crippen LogP contribution in [-0.2, 0) is 11.2 Å². The van der Waals surface area contributed by atoms with Gasteiger partial charge in [-0.2, -0.15) is 0 Å². The molecular formula is C17H13ClO2.